The van der Waals surface area contributed by atoms with E-state index in [9.17, 15) is 14.0 Å². The Morgan fingerprint density at radius 3 is 2.67 bits per heavy atom. The molecule has 132 valence electrons. The van der Waals surface area contributed by atoms with Crippen molar-refractivity contribution in [3.8, 4) is 0 Å². The third kappa shape index (κ3) is 4.75. The van der Waals surface area contributed by atoms with Crippen LogP contribution >= 0.6 is 0 Å². The van der Waals surface area contributed by atoms with Gasteiger partial charge in [-0.25, -0.2) is 4.39 Å². The van der Waals surface area contributed by atoms with E-state index >= 15 is 0 Å². The maximum Gasteiger partial charge on any atom is 0.305 e. The Bertz CT molecular complexity index is 601. The number of methoxy groups -OCH3 is 1. The summed E-state index contributed by atoms with van der Waals surface area (Å²) in [4.78, 5) is 23.4. The van der Waals surface area contributed by atoms with Crippen molar-refractivity contribution >= 4 is 11.9 Å². The molecule has 0 spiro atoms. The van der Waals surface area contributed by atoms with Crippen LogP contribution in [0.1, 0.15) is 41.6 Å². The molecule has 0 saturated heterocycles. The van der Waals surface area contributed by atoms with E-state index in [0.29, 0.717) is 31.6 Å². The number of rotatable bonds is 9. The molecule has 1 aromatic carbocycles. The average molecular weight is 339 g/mol. The van der Waals surface area contributed by atoms with Crippen LogP contribution in [0.4, 0.5) is 4.39 Å². The monoisotopic (exact) mass is 339 g/mol. The van der Waals surface area contributed by atoms with Crippen molar-refractivity contribution in [1.29, 1.82) is 0 Å². The van der Waals surface area contributed by atoms with Gasteiger partial charge in [0, 0.05) is 18.2 Å². The highest BCUT2D eigenvalue weighted by atomic mass is 19.1. The van der Waals surface area contributed by atoms with E-state index in [-0.39, 0.29) is 18.6 Å². The zero-order chi connectivity index (χ0) is 17.6. The van der Waals surface area contributed by atoms with Crippen LogP contribution in [0.5, 0.6) is 0 Å². The van der Waals surface area contributed by atoms with Crippen LogP contribution in [0.15, 0.2) is 18.2 Å². The Labute approximate surface area is 139 Å². The Kier molecular flexibility index (Phi) is 6.28. The number of ether oxygens (including phenoxy) is 2. The third-order valence-corrected chi connectivity index (χ3v) is 4.18. The van der Waals surface area contributed by atoms with Gasteiger partial charge in [-0.1, -0.05) is 0 Å². The average Bonchev–Trinajstić information content (AvgIpc) is 2.50. The summed E-state index contributed by atoms with van der Waals surface area (Å²) in [6.07, 6.45) is 2.06. The first kappa shape index (κ1) is 18.4. The number of carbonyl (C=O) groups is 2. The summed E-state index contributed by atoms with van der Waals surface area (Å²) in [7, 11) is 1.54. The van der Waals surface area contributed by atoms with Gasteiger partial charge in [-0.05, 0) is 37.5 Å². The molecule has 0 heterocycles. The van der Waals surface area contributed by atoms with E-state index in [1.807, 2.05) is 0 Å². The lowest BCUT2D eigenvalue weighted by Gasteiger charge is -2.41. The Balaban J connectivity index is 2.02. The molecule has 0 radical (unpaired) electrons. The number of amides is 1. The maximum atomic E-state index is 13.8. The van der Waals surface area contributed by atoms with Crippen molar-refractivity contribution in [2.75, 3.05) is 20.3 Å². The number of hydrogen-bond donors (Lipinski definition) is 2. The summed E-state index contributed by atoms with van der Waals surface area (Å²) in [5.41, 5.74) is -0.120. The van der Waals surface area contributed by atoms with Gasteiger partial charge < -0.3 is 19.9 Å². The Hall–Kier alpha value is -1.99. The van der Waals surface area contributed by atoms with Crippen molar-refractivity contribution < 1.29 is 28.6 Å². The van der Waals surface area contributed by atoms with Crippen molar-refractivity contribution in [3.05, 3.63) is 35.1 Å². The summed E-state index contributed by atoms with van der Waals surface area (Å²) in [6.45, 7) is 0.768. The van der Waals surface area contributed by atoms with Crippen LogP contribution in [-0.4, -0.2) is 42.8 Å². The lowest BCUT2D eigenvalue weighted by Crippen LogP contribution is -2.54. The predicted molar refractivity (Wildman–Crippen MR) is 84.2 cm³/mol. The smallest absolute Gasteiger partial charge is 0.305 e. The predicted octanol–water partition coefficient (Wildman–Crippen LogP) is 2.12. The third-order valence-electron chi connectivity index (χ3n) is 4.18. The number of hydrogen-bond acceptors (Lipinski definition) is 4. The van der Waals surface area contributed by atoms with Crippen molar-refractivity contribution in [2.45, 2.75) is 37.8 Å². The summed E-state index contributed by atoms with van der Waals surface area (Å²) in [6, 6.07) is 4.04. The van der Waals surface area contributed by atoms with Gasteiger partial charge in [0.1, 0.15) is 5.82 Å². The molecule has 7 heteroatoms. The van der Waals surface area contributed by atoms with Crippen LogP contribution in [-0.2, 0) is 20.9 Å². The fourth-order valence-electron chi connectivity index (χ4n) is 2.70. The fourth-order valence-corrected chi connectivity index (χ4v) is 2.70. The zero-order valence-corrected chi connectivity index (χ0v) is 13.6. The quantitative estimate of drug-likeness (QED) is 0.673. The van der Waals surface area contributed by atoms with Gasteiger partial charge in [-0.2, -0.15) is 0 Å². The van der Waals surface area contributed by atoms with E-state index in [4.69, 9.17) is 14.6 Å². The lowest BCUT2D eigenvalue weighted by molar-refractivity contribution is -0.139. The van der Waals surface area contributed by atoms with Gasteiger partial charge in [-0.15, -0.1) is 0 Å². The largest absolute Gasteiger partial charge is 0.481 e. The summed E-state index contributed by atoms with van der Waals surface area (Å²) in [5, 5.41) is 11.8. The zero-order valence-electron chi connectivity index (χ0n) is 13.6. The highest BCUT2D eigenvalue weighted by Crippen LogP contribution is 2.35. The second-order valence-corrected chi connectivity index (χ2v) is 6.01. The molecule has 1 aromatic rings. The Morgan fingerprint density at radius 2 is 2.08 bits per heavy atom. The molecule has 1 aliphatic rings. The highest BCUT2D eigenvalue weighted by Gasteiger charge is 2.40. The fraction of sp³-hybridized carbons (Fsp3) is 0.529. The van der Waals surface area contributed by atoms with Crippen LogP contribution in [0.3, 0.4) is 0 Å². The van der Waals surface area contributed by atoms with E-state index in [1.54, 1.807) is 7.11 Å². The van der Waals surface area contributed by atoms with E-state index in [0.717, 1.165) is 6.42 Å². The van der Waals surface area contributed by atoms with Crippen LogP contribution in [0, 0.1) is 5.82 Å². The molecule has 0 aromatic heterocycles. The lowest BCUT2D eigenvalue weighted by atomic mass is 9.74. The van der Waals surface area contributed by atoms with Gasteiger partial charge in [0.2, 0.25) is 0 Å². The SMILES string of the molecule is COCCOCc1cc(C(=O)NC2(CC(=O)O)CCC2)ccc1F. The van der Waals surface area contributed by atoms with Crippen LogP contribution in [0.25, 0.3) is 0 Å². The first-order chi connectivity index (χ1) is 11.5. The summed E-state index contributed by atoms with van der Waals surface area (Å²) < 4.78 is 23.9. The van der Waals surface area contributed by atoms with E-state index in [1.165, 1.54) is 18.2 Å². The van der Waals surface area contributed by atoms with Crippen LogP contribution in [0.2, 0.25) is 0 Å². The maximum absolute atomic E-state index is 13.8. The second kappa shape index (κ2) is 8.21. The van der Waals surface area contributed by atoms with Gasteiger partial charge in [0.25, 0.3) is 5.91 Å². The number of benzene rings is 1. The topological polar surface area (TPSA) is 84.9 Å². The molecule has 0 bridgehead atoms. The molecule has 2 rings (SSSR count). The Morgan fingerprint density at radius 1 is 1.33 bits per heavy atom. The first-order valence-corrected chi connectivity index (χ1v) is 7.85. The molecule has 6 nitrogen and oxygen atoms in total. The number of nitrogens with one attached hydrogen (secondary N) is 1. The first-order valence-electron chi connectivity index (χ1n) is 7.85. The molecule has 1 aliphatic carbocycles. The molecular formula is C17H22FNO5. The minimum absolute atomic E-state index is 0.0383. The summed E-state index contributed by atoms with van der Waals surface area (Å²) >= 11 is 0. The van der Waals surface area contributed by atoms with Crippen molar-refractivity contribution in [1.82, 2.24) is 5.32 Å². The minimum Gasteiger partial charge on any atom is -0.481 e. The number of carboxylic acid groups (broad SMARTS) is 1. The molecule has 24 heavy (non-hydrogen) atoms. The number of carboxylic acids is 1. The standard InChI is InChI=1S/C17H22FNO5/c1-23-7-8-24-11-13-9-12(3-4-14(13)18)16(22)19-17(5-2-6-17)10-15(20)21/h3-4,9H,2,5-8,10-11H2,1H3,(H,19,22)(H,20,21). The van der Waals surface area contributed by atoms with E-state index in [2.05, 4.69) is 5.32 Å². The second-order valence-electron chi connectivity index (χ2n) is 6.01. The molecule has 0 atom stereocenters. The molecule has 0 aliphatic heterocycles. The summed E-state index contributed by atoms with van der Waals surface area (Å²) in [5.74, 6) is -1.79. The number of halogens is 1. The van der Waals surface area contributed by atoms with E-state index < -0.39 is 23.2 Å². The molecule has 2 N–H and O–H groups in total. The number of aliphatic carboxylic acids is 1. The molecule has 0 unspecified atom stereocenters. The normalized spacial score (nSPS) is 15.6. The molecule has 1 amide bonds. The molecule has 1 fully saturated rings. The van der Waals surface area contributed by atoms with Gasteiger partial charge in [-0.3, -0.25) is 9.59 Å². The van der Waals surface area contributed by atoms with Gasteiger partial charge in [0.15, 0.2) is 0 Å². The molecular weight excluding hydrogens is 317 g/mol. The van der Waals surface area contributed by atoms with Crippen LogP contribution < -0.4 is 5.32 Å². The van der Waals surface area contributed by atoms with Crippen molar-refractivity contribution in [3.63, 3.8) is 0 Å². The van der Waals surface area contributed by atoms with Gasteiger partial charge >= 0.3 is 5.97 Å². The van der Waals surface area contributed by atoms with Gasteiger partial charge in [0.05, 0.1) is 31.8 Å². The number of carbonyl (C=O) groups excluding carboxylic acids is 1. The highest BCUT2D eigenvalue weighted by molar-refractivity contribution is 5.95. The molecule has 1 saturated carbocycles. The minimum atomic E-state index is -0.943. The van der Waals surface area contributed by atoms with Crippen molar-refractivity contribution in [2.24, 2.45) is 0 Å².